The van der Waals surface area contributed by atoms with Crippen LogP contribution in [-0.4, -0.2) is 11.6 Å². The molecule has 3 nitrogen and oxygen atoms in total. The molecule has 0 fully saturated rings. The van der Waals surface area contributed by atoms with E-state index < -0.39 is 0 Å². The van der Waals surface area contributed by atoms with E-state index in [0.29, 0.717) is 18.2 Å². The van der Waals surface area contributed by atoms with E-state index in [-0.39, 0.29) is 0 Å². The van der Waals surface area contributed by atoms with Crippen LogP contribution >= 0.6 is 0 Å². The molecule has 0 saturated heterocycles. The van der Waals surface area contributed by atoms with E-state index in [1.54, 1.807) is 18.3 Å². The second-order valence-electron chi connectivity index (χ2n) is 1.83. The van der Waals surface area contributed by atoms with Crippen molar-refractivity contribution in [2.24, 2.45) is 0 Å². The van der Waals surface area contributed by atoms with Gasteiger partial charge in [-0.1, -0.05) is 0 Å². The van der Waals surface area contributed by atoms with E-state index in [9.17, 15) is 0 Å². The SMILES string of the molecule is CCOc1ncccc1N. The third-order valence-electron chi connectivity index (χ3n) is 1.08. The minimum atomic E-state index is 0.519. The molecule has 0 unspecified atom stereocenters. The second kappa shape index (κ2) is 3.06. The van der Waals surface area contributed by atoms with Crippen LogP contribution in [0.15, 0.2) is 18.3 Å². The summed E-state index contributed by atoms with van der Waals surface area (Å²) in [5, 5.41) is 0. The molecule has 54 valence electrons. The molecule has 1 aromatic heterocycles. The quantitative estimate of drug-likeness (QED) is 0.664. The molecule has 3 heteroatoms. The lowest BCUT2D eigenvalue weighted by molar-refractivity contribution is 0.329. The van der Waals surface area contributed by atoms with Crippen LogP contribution in [0.1, 0.15) is 6.92 Å². The molecule has 0 aromatic carbocycles. The number of nitrogens with two attached hydrogens (primary N) is 1. The highest BCUT2D eigenvalue weighted by Crippen LogP contribution is 2.14. The fourth-order valence-electron chi connectivity index (χ4n) is 0.661. The van der Waals surface area contributed by atoms with Crippen molar-refractivity contribution in [1.29, 1.82) is 0 Å². The lowest BCUT2D eigenvalue weighted by Crippen LogP contribution is -1.98. The van der Waals surface area contributed by atoms with Gasteiger partial charge in [0, 0.05) is 6.20 Å². The Bertz CT molecular complexity index is 213. The summed E-state index contributed by atoms with van der Waals surface area (Å²) >= 11 is 0. The predicted octanol–water partition coefficient (Wildman–Crippen LogP) is 1.06. The third kappa shape index (κ3) is 1.37. The summed E-state index contributed by atoms with van der Waals surface area (Å²) in [7, 11) is 0. The summed E-state index contributed by atoms with van der Waals surface area (Å²) in [6, 6.07) is 3.54. The second-order valence-corrected chi connectivity index (χ2v) is 1.83. The average Bonchev–Trinajstić information content (AvgIpc) is 1.94. The topological polar surface area (TPSA) is 48.1 Å². The molecule has 0 saturated carbocycles. The first-order valence-electron chi connectivity index (χ1n) is 3.18. The van der Waals surface area contributed by atoms with E-state index in [2.05, 4.69) is 4.98 Å². The highest BCUT2D eigenvalue weighted by molar-refractivity contribution is 5.46. The molecular formula is C7H10N2O. The molecular weight excluding hydrogens is 128 g/mol. The molecule has 0 atom stereocenters. The van der Waals surface area contributed by atoms with Crippen LogP contribution in [-0.2, 0) is 0 Å². The zero-order chi connectivity index (χ0) is 7.40. The lowest BCUT2D eigenvalue weighted by Gasteiger charge is -2.02. The molecule has 0 spiro atoms. The van der Waals surface area contributed by atoms with Gasteiger partial charge in [0.2, 0.25) is 5.88 Å². The summed E-state index contributed by atoms with van der Waals surface area (Å²) in [5.41, 5.74) is 6.11. The maximum absolute atomic E-state index is 5.52. The van der Waals surface area contributed by atoms with Gasteiger partial charge in [-0.3, -0.25) is 0 Å². The van der Waals surface area contributed by atoms with Gasteiger partial charge in [-0.05, 0) is 19.1 Å². The van der Waals surface area contributed by atoms with Crippen molar-refractivity contribution in [3.05, 3.63) is 18.3 Å². The van der Waals surface area contributed by atoms with Crippen molar-refractivity contribution in [2.75, 3.05) is 12.3 Å². The number of nitrogens with zero attached hydrogens (tertiary/aromatic N) is 1. The number of rotatable bonds is 2. The Labute approximate surface area is 59.8 Å². The minimum absolute atomic E-state index is 0.519. The Hall–Kier alpha value is -1.25. The molecule has 0 radical (unpaired) electrons. The number of ether oxygens (including phenoxy) is 1. The molecule has 1 heterocycles. The highest BCUT2D eigenvalue weighted by atomic mass is 16.5. The summed E-state index contributed by atoms with van der Waals surface area (Å²) in [6.07, 6.45) is 1.65. The summed E-state index contributed by atoms with van der Waals surface area (Å²) in [5.74, 6) is 0.519. The van der Waals surface area contributed by atoms with Crippen molar-refractivity contribution in [1.82, 2.24) is 4.98 Å². The zero-order valence-electron chi connectivity index (χ0n) is 5.87. The fourth-order valence-corrected chi connectivity index (χ4v) is 0.661. The molecule has 0 bridgehead atoms. The maximum Gasteiger partial charge on any atom is 0.237 e. The Kier molecular flexibility index (Phi) is 2.10. The van der Waals surface area contributed by atoms with Gasteiger partial charge in [0.1, 0.15) is 0 Å². The Morgan fingerprint density at radius 3 is 3.10 bits per heavy atom. The van der Waals surface area contributed by atoms with Crippen molar-refractivity contribution >= 4 is 5.69 Å². The van der Waals surface area contributed by atoms with E-state index in [0.717, 1.165) is 0 Å². The van der Waals surface area contributed by atoms with Gasteiger partial charge >= 0.3 is 0 Å². The van der Waals surface area contributed by atoms with Gasteiger partial charge < -0.3 is 10.5 Å². The van der Waals surface area contributed by atoms with Gasteiger partial charge in [-0.2, -0.15) is 0 Å². The lowest BCUT2D eigenvalue weighted by atomic mass is 10.4. The third-order valence-corrected chi connectivity index (χ3v) is 1.08. The number of hydrogen-bond acceptors (Lipinski definition) is 3. The first kappa shape index (κ1) is 6.86. The van der Waals surface area contributed by atoms with Gasteiger partial charge in [0.05, 0.1) is 12.3 Å². The van der Waals surface area contributed by atoms with Crippen molar-refractivity contribution in [3.63, 3.8) is 0 Å². The standard InChI is InChI=1S/C7H10N2O/c1-2-10-7-6(8)4-3-5-9-7/h3-5H,2,8H2,1H3. The summed E-state index contributed by atoms with van der Waals surface area (Å²) in [4.78, 5) is 3.92. The monoisotopic (exact) mass is 138 g/mol. The Morgan fingerprint density at radius 1 is 1.70 bits per heavy atom. The van der Waals surface area contributed by atoms with Crippen LogP contribution < -0.4 is 10.5 Å². The number of aromatic nitrogens is 1. The van der Waals surface area contributed by atoms with Crippen molar-refractivity contribution in [2.45, 2.75) is 6.92 Å². The first-order chi connectivity index (χ1) is 4.84. The van der Waals surface area contributed by atoms with E-state index in [1.165, 1.54) is 0 Å². The zero-order valence-corrected chi connectivity index (χ0v) is 5.87. The smallest absolute Gasteiger partial charge is 0.237 e. The van der Waals surface area contributed by atoms with Crippen molar-refractivity contribution < 1.29 is 4.74 Å². The van der Waals surface area contributed by atoms with Gasteiger partial charge in [-0.25, -0.2) is 4.98 Å². The van der Waals surface area contributed by atoms with Crippen LogP contribution in [0.5, 0.6) is 5.88 Å². The molecule has 0 aliphatic rings. The summed E-state index contributed by atoms with van der Waals surface area (Å²) in [6.45, 7) is 2.50. The van der Waals surface area contributed by atoms with E-state index in [4.69, 9.17) is 10.5 Å². The average molecular weight is 138 g/mol. The van der Waals surface area contributed by atoms with Crippen LogP contribution in [0.3, 0.4) is 0 Å². The van der Waals surface area contributed by atoms with Gasteiger partial charge in [0.25, 0.3) is 0 Å². The van der Waals surface area contributed by atoms with Crippen LogP contribution in [0.4, 0.5) is 5.69 Å². The fraction of sp³-hybridized carbons (Fsp3) is 0.286. The number of anilines is 1. The molecule has 0 aliphatic heterocycles. The molecule has 1 aromatic rings. The van der Waals surface area contributed by atoms with Crippen molar-refractivity contribution in [3.8, 4) is 5.88 Å². The predicted molar refractivity (Wildman–Crippen MR) is 39.8 cm³/mol. The minimum Gasteiger partial charge on any atom is -0.477 e. The molecule has 0 amide bonds. The van der Waals surface area contributed by atoms with Crippen LogP contribution in [0.25, 0.3) is 0 Å². The number of pyridine rings is 1. The Balaban J connectivity index is 2.81. The number of nitrogen functional groups attached to an aromatic ring is 1. The number of hydrogen-bond donors (Lipinski definition) is 1. The molecule has 0 aliphatic carbocycles. The van der Waals surface area contributed by atoms with E-state index >= 15 is 0 Å². The molecule has 10 heavy (non-hydrogen) atoms. The molecule has 1 rings (SSSR count). The van der Waals surface area contributed by atoms with Crippen LogP contribution in [0.2, 0.25) is 0 Å². The molecule has 2 N–H and O–H groups in total. The highest BCUT2D eigenvalue weighted by Gasteiger charge is 1.96. The van der Waals surface area contributed by atoms with E-state index in [1.807, 2.05) is 6.92 Å². The normalized spacial score (nSPS) is 9.30. The Morgan fingerprint density at radius 2 is 2.50 bits per heavy atom. The van der Waals surface area contributed by atoms with Crippen LogP contribution in [0, 0.1) is 0 Å². The summed E-state index contributed by atoms with van der Waals surface area (Å²) < 4.78 is 5.10. The largest absolute Gasteiger partial charge is 0.477 e. The maximum atomic E-state index is 5.52. The van der Waals surface area contributed by atoms with Gasteiger partial charge in [0.15, 0.2) is 0 Å². The van der Waals surface area contributed by atoms with Gasteiger partial charge in [-0.15, -0.1) is 0 Å². The first-order valence-corrected chi connectivity index (χ1v) is 3.18.